The van der Waals surface area contributed by atoms with Gasteiger partial charge in [-0.3, -0.25) is 0 Å². The van der Waals surface area contributed by atoms with Crippen molar-refractivity contribution in [1.29, 1.82) is 0 Å². The molecule has 0 radical (unpaired) electrons. The third kappa shape index (κ3) is 3.32. The smallest absolute Gasteiger partial charge is 0.0453 e. The largest absolute Gasteiger partial charge is 0.316 e. The van der Waals surface area contributed by atoms with Crippen LogP contribution < -0.4 is 5.32 Å². The van der Waals surface area contributed by atoms with E-state index in [4.69, 9.17) is 11.6 Å². The van der Waals surface area contributed by atoms with Crippen LogP contribution in [0.5, 0.6) is 0 Å². The molecule has 1 N–H and O–H groups in total. The van der Waals surface area contributed by atoms with Gasteiger partial charge in [0.2, 0.25) is 0 Å². The lowest BCUT2D eigenvalue weighted by atomic mass is 10.1. The number of halogens is 1. The molecule has 0 aromatic heterocycles. The van der Waals surface area contributed by atoms with Crippen molar-refractivity contribution in [2.24, 2.45) is 0 Å². The van der Waals surface area contributed by atoms with Gasteiger partial charge in [0.25, 0.3) is 0 Å². The number of hydrogen-bond acceptors (Lipinski definition) is 1. The van der Waals surface area contributed by atoms with Crippen molar-refractivity contribution in [3.8, 4) is 0 Å². The molecule has 0 aliphatic carbocycles. The summed E-state index contributed by atoms with van der Waals surface area (Å²) < 4.78 is 0. The number of nitrogens with one attached hydrogen (secondary N) is 1. The van der Waals surface area contributed by atoms with Crippen LogP contribution in [0.1, 0.15) is 30.9 Å². The Balaban J connectivity index is 2.68. The lowest BCUT2D eigenvalue weighted by molar-refractivity contribution is 0.791. The molecule has 78 valence electrons. The first-order chi connectivity index (χ1) is 6.77. The van der Waals surface area contributed by atoms with E-state index >= 15 is 0 Å². The number of rotatable bonds is 5. The first-order valence-corrected chi connectivity index (χ1v) is 5.57. The standard InChI is InChI=1S/C12H18ClN/c1-3-4-5-10-6-7-11(9-14-2)12(13)8-10/h6-8,14H,3-5,9H2,1-2H3. The van der Waals surface area contributed by atoms with Crippen molar-refractivity contribution in [2.75, 3.05) is 7.05 Å². The Morgan fingerprint density at radius 1 is 1.36 bits per heavy atom. The van der Waals surface area contributed by atoms with Crippen LogP contribution in [-0.4, -0.2) is 7.05 Å². The van der Waals surface area contributed by atoms with E-state index in [0.29, 0.717) is 0 Å². The van der Waals surface area contributed by atoms with Crippen molar-refractivity contribution in [2.45, 2.75) is 32.7 Å². The predicted molar refractivity (Wildman–Crippen MR) is 62.8 cm³/mol. The molecule has 0 aliphatic rings. The van der Waals surface area contributed by atoms with Gasteiger partial charge in [0.05, 0.1) is 0 Å². The average Bonchev–Trinajstić information content (AvgIpc) is 2.19. The lowest BCUT2D eigenvalue weighted by Crippen LogP contribution is -2.05. The SMILES string of the molecule is CCCCc1ccc(CNC)c(Cl)c1. The molecule has 0 atom stereocenters. The highest BCUT2D eigenvalue weighted by atomic mass is 35.5. The minimum absolute atomic E-state index is 0.840. The zero-order valence-electron chi connectivity index (χ0n) is 8.94. The molecule has 0 amide bonds. The van der Waals surface area contributed by atoms with Crippen LogP contribution in [0.25, 0.3) is 0 Å². The summed E-state index contributed by atoms with van der Waals surface area (Å²) in [6, 6.07) is 6.38. The second kappa shape index (κ2) is 6.05. The average molecular weight is 212 g/mol. The van der Waals surface area contributed by atoms with Crippen molar-refractivity contribution < 1.29 is 0 Å². The van der Waals surface area contributed by atoms with Crippen LogP contribution in [0.2, 0.25) is 5.02 Å². The molecule has 0 aliphatic heterocycles. The Morgan fingerprint density at radius 2 is 2.14 bits per heavy atom. The molecule has 1 nitrogen and oxygen atoms in total. The molecule has 0 spiro atoms. The maximum atomic E-state index is 6.15. The Bertz CT molecular complexity index is 284. The second-order valence-electron chi connectivity index (χ2n) is 3.56. The van der Waals surface area contributed by atoms with Crippen LogP contribution in [0, 0.1) is 0 Å². The Hall–Kier alpha value is -0.530. The van der Waals surface area contributed by atoms with Crippen molar-refractivity contribution in [3.05, 3.63) is 34.3 Å². The minimum Gasteiger partial charge on any atom is -0.316 e. The van der Waals surface area contributed by atoms with E-state index < -0.39 is 0 Å². The third-order valence-electron chi connectivity index (χ3n) is 2.30. The third-order valence-corrected chi connectivity index (χ3v) is 2.66. The zero-order valence-corrected chi connectivity index (χ0v) is 9.69. The van der Waals surface area contributed by atoms with Crippen LogP contribution in [0.4, 0.5) is 0 Å². The Morgan fingerprint density at radius 3 is 2.71 bits per heavy atom. The molecule has 0 saturated heterocycles. The van der Waals surface area contributed by atoms with E-state index in [2.05, 4.69) is 30.4 Å². The van der Waals surface area contributed by atoms with Gasteiger partial charge >= 0.3 is 0 Å². The molecule has 0 heterocycles. The number of aryl methyl sites for hydroxylation is 1. The molecule has 14 heavy (non-hydrogen) atoms. The van der Waals surface area contributed by atoms with Gasteiger partial charge in [-0.05, 0) is 37.1 Å². The molecule has 0 unspecified atom stereocenters. The summed E-state index contributed by atoms with van der Waals surface area (Å²) in [4.78, 5) is 0. The first-order valence-electron chi connectivity index (χ1n) is 5.19. The van der Waals surface area contributed by atoms with Gasteiger partial charge in [0.15, 0.2) is 0 Å². The molecular weight excluding hydrogens is 194 g/mol. The number of benzene rings is 1. The maximum absolute atomic E-state index is 6.15. The Kier molecular flexibility index (Phi) is 4.99. The van der Waals surface area contributed by atoms with E-state index in [1.54, 1.807) is 0 Å². The van der Waals surface area contributed by atoms with Crippen molar-refractivity contribution >= 4 is 11.6 Å². The normalized spacial score (nSPS) is 10.5. The van der Waals surface area contributed by atoms with Gasteiger partial charge in [-0.2, -0.15) is 0 Å². The van der Waals surface area contributed by atoms with Crippen molar-refractivity contribution in [1.82, 2.24) is 5.32 Å². The highest BCUT2D eigenvalue weighted by Gasteiger charge is 2.00. The fourth-order valence-corrected chi connectivity index (χ4v) is 1.73. The van der Waals surface area contributed by atoms with E-state index in [0.717, 1.165) is 18.0 Å². The topological polar surface area (TPSA) is 12.0 Å². The fraction of sp³-hybridized carbons (Fsp3) is 0.500. The summed E-state index contributed by atoms with van der Waals surface area (Å²) in [6.45, 7) is 3.05. The van der Waals surface area contributed by atoms with Crippen molar-refractivity contribution in [3.63, 3.8) is 0 Å². The van der Waals surface area contributed by atoms with E-state index in [1.807, 2.05) is 7.05 Å². The molecule has 0 saturated carbocycles. The summed E-state index contributed by atoms with van der Waals surface area (Å²) in [6.07, 6.45) is 3.60. The lowest BCUT2D eigenvalue weighted by Gasteiger charge is -2.06. The van der Waals surface area contributed by atoms with E-state index in [-0.39, 0.29) is 0 Å². The van der Waals surface area contributed by atoms with Gasteiger partial charge in [-0.1, -0.05) is 37.1 Å². The summed E-state index contributed by atoms with van der Waals surface area (Å²) in [5, 5.41) is 3.99. The van der Waals surface area contributed by atoms with Gasteiger partial charge in [-0.25, -0.2) is 0 Å². The summed E-state index contributed by atoms with van der Waals surface area (Å²) >= 11 is 6.15. The van der Waals surface area contributed by atoms with Gasteiger partial charge in [0, 0.05) is 11.6 Å². The highest BCUT2D eigenvalue weighted by molar-refractivity contribution is 6.31. The minimum atomic E-state index is 0.840. The first kappa shape index (κ1) is 11.5. The Labute approximate surface area is 91.5 Å². The van der Waals surface area contributed by atoms with E-state index in [9.17, 15) is 0 Å². The number of unbranched alkanes of at least 4 members (excludes halogenated alkanes) is 1. The van der Waals surface area contributed by atoms with E-state index in [1.165, 1.54) is 24.0 Å². The summed E-state index contributed by atoms with van der Waals surface area (Å²) in [5.41, 5.74) is 2.52. The molecule has 1 rings (SSSR count). The van der Waals surface area contributed by atoms with Crippen LogP contribution >= 0.6 is 11.6 Å². The molecule has 2 heteroatoms. The van der Waals surface area contributed by atoms with Gasteiger partial charge in [-0.15, -0.1) is 0 Å². The van der Waals surface area contributed by atoms with Crippen LogP contribution in [-0.2, 0) is 13.0 Å². The molecule has 0 fully saturated rings. The quantitative estimate of drug-likeness (QED) is 0.787. The van der Waals surface area contributed by atoms with Crippen LogP contribution in [0.3, 0.4) is 0 Å². The molecule has 0 bridgehead atoms. The van der Waals surface area contributed by atoms with Gasteiger partial charge in [0.1, 0.15) is 0 Å². The molecule has 1 aromatic rings. The maximum Gasteiger partial charge on any atom is 0.0453 e. The monoisotopic (exact) mass is 211 g/mol. The van der Waals surface area contributed by atoms with Crippen LogP contribution in [0.15, 0.2) is 18.2 Å². The summed E-state index contributed by atoms with van der Waals surface area (Å²) in [5.74, 6) is 0. The zero-order chi connectivity index (χ0) is 10.4. The highest BCUT2D eigenvalue weighted by Crippen LogP contribution is 2.18. The van der Waals surface area contributed by atoms with Gasteiger partial charge < -0.3 is 5.32 Å². The molecular formula is C12H18ClN. The number of hydrogen-bond donors (Lipinski definition) is 1. The molecule has 1 aromatic carbocycles. The fourth-order valence-electron chi connectivity index (χ4n) is 1.46. The second-order valence-corrected chi connectivity index (χ2v) is 3.97. The predicted octanol–water partition coefficient (Wildman–Crippen LogP) is 3.40. The summed E-state index contributed by atoms with van der Waals surface area (Å²) in [7, 11) is 1.93.